The van der Waals surface area contributed by atoms with Crippen molar-refractivity contribution < 1.29 is 23.4 Å². The first-order valence-corrected chi connectivity index (χ1v) is 9.74. The molecule has 0 fully saturated rings. The van der Waals surface area contributed by atoms with Crippen molar-refractivity contribution in [2.75, 3.05) is 0 Å². The average molecular weight is 421 g/mol. The molecule has 0 radical (unpaired) electrons. The van der Waals surface area contributed by atoms with Gasteiger partial charge in [-0.05, 0) is 62.9 Å². The van der Waals surface area contributed by atoms with E-state index in [4.69, 9.17) is 16.3 Å². The molecule has 1 aliphatic heterocycles. The third-order valence-corrected chi connectivity index (χ3v) is 5.48. The molecule has 2 aromatic carbocycles. The second-order valence-corrected chi connectivity index (χ2v) is 8.53. The Hall–Kier alpha value is -2.24. The van der Waals surface area contributed by atoms with Gasteiger partial charge in [0.2, 0.25) is 0 Å². The van der Waals surface area contributed by atoms with Gasteiger partial charge in [-0.2, -0.15) is 0 Å². The zero-order chi connectivity index (χ0) is 21.7. The Kier molecular flexibility index (Phi) is 5.35. The van der Waals surface area contributed by atoms with Gasteiger partial charge >= 0.3 is 0 Å². The molecule has 1 N–H and O–H groups in total. The van der Waals surface area contributed by atoms with E-state index in [9.17, 15) is 18.7 Å². The van der Waals surface area contributed by atoms with Gasteiger partial charge in [0.15, 0.2) is 17.4 Å². The maximum absolute atomic E-state index is 14.4. The van der Waals surface area contributed by atoms with Crippen molar-refractivity contribution in [3.8, 4) is 11.1 Å². The highest BCUT2D eigenvalue weighted by atomic mass is 35.5. The quantitative estimate of drug-likeness (QED) is 0.595. The molecular formula is C23H23ClF2O3. The van der Waals surface area contributed by atoms with Crippen molar-refractivity contribution in [3.63, 3.8) is 0 Å². The Balaban J connectivity index is 2.21. The minimum atomic E-state index is -1.11. The summed E-state index contributed by atoms with van der Waals surface area (Å²) in [7, 11) is 0. The lowest BCUT2D eigenvalue weighted by molar-refractivity contribution is -0.158. The van der Waals surface area contributed by atoms with Crippen LogP contribution in [0.3, 0.4) is 0 Å². The molecule has 1 aliphatic rings. The Morgan fingerprint density at radius 2 is 1.62 bits per heavy atom. The number of aliphatic hydroxyl groups is 1. The van der Waals surface area contributed by atoms with Crippen LogP contribution in [0.2, 0.25) is 5.02 Å². The Morgan fingerprint density at radius 1 is 1.00 bits per heavy atom. The molecule has 0 saturated carbocycles. The molecule has 2 aromatic rings. The number of Topliss-reactive ketones (excluding diaryl/α,β-unsaturated/α-hetero) is 1. The molecule has 0 aliphatic carbocycles. The summed E-state index contributed by atoms with van der Waals surface area (Å²) in [5.74, 6) is -2.61. The van der Waals surface area contributed by atoms with Gasteiger partial charge in [-0.15, -0.1) is 0 Å². The molecule has 3 nitrogen and oxygen atoms in total. The number of carbonyl (C=O) groups is 1. The van der Waals surface area contributed by atoms with E-state index in [0.717, 1.165) is 5.56 Å². The van der Waals surface area contributed by atoms with E-state index in [1.165, 1.54) is 12.1 Å². The van der Waals surface area contributed by atoms with Crippen molar-refractivity contribution in [3.05, 3.63) is 63.9 Å². The average Bonchev–Trinajstić information content (AvgIpc) is 2.65. The van der Waals surface area contributed by atoms with Crippen LogP contribution in [-0.2, 0) is 16.0 Å². The molecule has 0 spiro atoms. The van der Waals surface area contributed by atoms with E-state index >= 15 is 0 Å². The largest absolute Gasteiger partial charge is 0.508 e. The van der Waals surface area contributed by atoms with Crippen LogP contribution in [0.15, 0.2) is 36.1 Å². The number of rotatable bonds is 3. The van der Waals surface area contributed by atoms with Gasteiger partial charge in [-0.25, -0.2) is 8.78 Å². The number of halogens is 3. The van der Waals surface area contributed by atoms with Crippen LogP contribution >= 0.6 is 11.6 Å². The molecule has 0 saturated heterocycles. The smallest absolute Gasteiger partial charge is 0.198 e. The summed E-state index contributed by atoms with van der Waals surface area (Å²) < 4.78 is 34.1. The van der Waals surface area contributed by atoms with E-state index in [0.29, 0.717) is 17.5 Å². The zero-order valence-electron chi connectivity index (χ0n) is 17.0. The standard InChI is InChI=1S/C23H23ClF2O3/c1-6-12-11-13(15-9-10-16(24)19(26)18(15)25)7-8-14(12)17-20(27)22(2,3)29-23(4,5)21(17)28/h7-11,27H,6H2,1-5H3. The highest BCUT2D eigenvalue weighted by molar-refractivity contribution is 6.30. The highest BCUT2D eigenvalue weighted by Crippen LogP contribution is 2.41. The van der Waals surface area contributed by atoms with Gasteiger partial charge in [-0.1, -0.05) is 36.7 Å². The van der Waals surface area contributed by atoms with E-state index in [1.807, 2.05) is 6.92 Å². The number of ether oxygens (including phenoxy) is 1. The second kappa shape index (κ2) is 7.22. The molecule has 0 aromatic heterocycles. The molecule has 0 bridgehead atoms. The maximum Gasteiger partial charge on any atom is 0.198 e. The fraction of sp³-hybridized carbons (Fsp3) is 0.348. The molecular weight excluding hydrogens is 398 g/mol. The lowest BCUT2D eigenvalue weighted by Crippen LogP contribution is -2.49. The molecule has 0 unspecified atom stereocenters. The predicted octanol–water partition coefficient (Wildman–Crippen LogP) is 6.27. The number of aryl methyl sites for hydroxylation is 1. The molecule has 0 atom stereocenters. The maximum atomic E-state index is 14.4. The fourth-order valence-electron chi connectivity index (χ4n) is 3.74. The summed E-state index contributed by atoms with van der Waals surface area (Å²) in [5, 5.41) is 10.5. The molecule has 29 heavy (non-hydrogen) atoms. The summed E-state index contributed by atoms with van der Waals surface area (Å²) in [5.41, 5.74) is -0.152. The molecule has 6 heteroatoms. The van der Waals surface area contributed by atoms with Crippen molar-refractivity contribution in [2.24, 2.45) is 0 Å². The molecule has 3 rings (SSSR count). The third-order valence-electron chi connectivity index (χ3n) is 5.19. The van der Waals surface area contributed by atoms with E-state index < -0.39 is 22.8 Å². The minimum Gasteiger partial charge on any atom is -0.508 e. The lowest BCUT2D eigenvalue weighted by Gasteiger charge is -2.40. The van der Waals surface area contributed by atoms with Crippen LogP contribution in [0.4, 0.5) is 8.78 Å². The van der Waals surface area contributed by atoms with Gasteiger partial charge in [-0.3, -0.25) is 4.79 Å². The Morgan fingerprint density at radius 3 is 2.24 bits per heavy atom. The summed E-state index contributed by atoms with van der Waals surface area (Å²) >= 11 is 5.65. The summed E-state index contributed by atoms with van der Waals surface area (Å²) in [6.45, 7) is 8.61. The number of aliphatic hydroxyl groups excluding tert-OH is 1. The van der Waals surface area contributed by atoms with Crippen LogP contribution < -0.4 is 0 Å². The summed E-state index contributed by atoms with van der Waals surface area (Å²) in [6, 6.07) is 7.67. The van der Waals surface area contributed by atoms with Gasteiger partial charge in [0, 0.05) is 5.56 Å². The third kappa shape index (κ3) is 3.58. The van der Waals surface area contributed by atoms with Crippen molar-refractivity contribution in [1.29, 1.82) is 0 Å². The first-order valence-electron chi connectivity index (χ1n) is 9.36. The lowest BCUT2D eigenvalue weighted by atomic mass is 9.81. The Bertz CT molecular complexity index is 1040. The number of benzene rings is 2. The van der Waals surface area contributed by atoms with Gasteiger partial charge in [0.25, 0.3) is 0 Å². The normalized spacial score (nSPS) is 18.3. The van der Waals surface area contributed by atoms with E-state index in [-0.39, 0.29) is 27.7 Å². The van der Waals surface area contributed by atoms with Gasteiger partial charge < -0.3 is 9.84 Å². The zero-order valence-corrected chi connectivity index (χ0v) is 17.7. The SMILES string of the molecule is CCc1cc(-c2ccc(Cl)c(F)c2F)ccc1C1=C(O)C(C)(C)OC(C)(C)C1=O. The summed E-state index contributed by atoms with van der Waals surface area (Å²) in [6.07, 6.45) is 0.520. The van der Waals surface area contributed by atoms with Crippen LogP contribution in [0.25, 0.3) is 16.7 Å². The molecule has 0 amide bonds. The van der Waals surface area contributed by atoms with E-state index in [2.05, 4.69) is 0 Å². The number of carbonyl (C=O) groups excluding carboxylic acids is 1. The Labute approximate surface area is 174 Å². The summed E-state index contributed by atoms with van der Waals surface area (Å²) in [4.78, 5) is 13.0. The topological polar surface area (TPSA) is 46.5 Å². The molecule has 1 heterocycles. The van der Waals surface area contributed by atoms with Crippen LogP contribution in [0, 0.1) is 11.6 Å². The minimum absolute atomic E-state index is 0.0744. The van der Waals surface area contributed by atoms with Crippen molar-refractivity contribution in [1.82, 2.24) is 0 Å². The van der Waals surface area contributed by atoms with E-state index in [1.54, 1.807) is 45.9 Å². The van der Waals surface area contributed by atoms with Crippen LogP contribution in [0.1, 0.15) is 45.7 Å². The van der Waals surface area contributed by atoms with Crippen molar-refractivity contribution in [2.45, 2.75) is 52.2 Å². The number of ketones is 1. The predicted molar refractivity (Wildman–Crippen MR) is 110 cm³/mol. The van der Waals surface area contributed by atoms with Crippen LogP contribution in [0.5, 0.6) is 0 Å². The first kappa shape index (κ1) is 21.5. The number of hydrogen-bond donors (Lipinski definition) is 1. The second-order valence-electron chi connectivity index (χ2n) is 8.12. The van der Waals surface area contributed by atoms with Crippen molar-refractivity contribution >= 4 is 23.0 Å². The molecule has 154 valence electrons. The fourth-order valence-corrected chi connectivity index (χ4v) is 3.88. The highest BCUT2D eigenvalue weighted by Gasteiger charge is 2.47. The van der Waals surface area contributed by atoms with Crippen LogP contribution in [-0.4, -0.2) is 22.1 Å². The first-order chi connectivity index (χ1) is 13.4. The number of hydrogen-bond acceptors (Lipinski definition) is 3. The monoisotopic (exact) mass is 420 g/mol. The van der Waals surface area contributed by atoms with Gasteiger partial charge in [0.1, 0.15) is 17.0 Å². The van der Waals surface area contributed by atoms with Gasteiger partial charge in [0.05, 0.1) is 10.6 Å².